The number of aromatic nitrogens is 1. The van der Waals surface area contributed by atoms with E-state index in [1.54, 1.807) is 19.1 Å². The lowest BCUT2D eigenvalue weighted by atomic mass is 10.2. The van der Waals surface area contributed by atoms with E-state index in [9.17, 15) is 4.79 Å². The fraction of sp³-hybridized carbons (Fsp3) is 0.235. The molecule has 0 fully saturated rings. The lowest BCUT2D eigenvalue weighted by Gasteiger charge is -2.22. The van der Waals surface area contributed by atoms with Crippen LogP contribution >= 0.6 is 0 Å². The number of para-hydroxylation sites is 1. The number of benzene rings is 1. The minimum absolute atomic E-state index is 0.332. The monoisotopic (exact) mass is 295 g/mol. The summed E-state index contributed by atoms with van der Waals surface area (Å²) < 4.78 is 4.94. The van der Waals surface area contributed by atoms with Crippen LogP contribution in [0, 0.1) is 11.3 Å². The molecule has 0 atom stereocenters. The van der Waals surface area contributed by atoms with Crippen LogP contribution in [-0.4, -0.2) is 24.1 Å². The molecule has 112 valence electrons. The standard InChI is InChI=1S/C17H17N3O2/c1-2-22-17(21)14-9-10-16(19-13-14)20(12-6-11-18)15-7-4-3-5-8-15/h3-5,7-10,13H,2,6,12H2,1H3. The summed E-state index contributed by atoms with van der Waals surface area (Å²) in [5.74, 6) is 0.305. The number of anilines is 2. The van der Waals surface area contributed by atoms with Crippen LogP contribution in [0.5, 0.6) is 0 Å². The lowest BCUT2D eigenvalue weighted by Crippen LogP contribution is -2.19. The Kier molecular flexibility index (Phi) is 5.50. The van der Waals surface area contributed by atoms with E-state index < -0.39 is 0 Å². The van der Waals surface area contributed by atoms with E-state index in [2.05, 4.69) is 11.1 Å². The number of nitriles is 1. The zero-order valence-electron chi connectivity index (χ0n) is 12.4. The van der Waals surface area contributed by atoms with Crippen LogP contribution < -0.4 is 4.90 Å². The molecule has 0 saturated carbocycles. The smallest absolute Gasteiger partial charge is 0.339 e. The first kappa shape index (κ1) is 15.5. The van der Waals surface area contributed by atoms with Crippen LogP contribution in [0.2, 0.25) is 0 Å². The van der Waals surface area contributed by atoms with Gasteiger partial charge in [-0.15, -0.1) is 0 Å². The molecule has 2 rings (SSSR count). The second-order valence-electron chi connectivity index (χ2n) is 4.52. The Morgan fingerprint density at radius 1 is 1.27 bits per heavy atom. The van der Waals surface area contributed by atoms with E-state index in [0.29, 0.717) is 31.0 Å². The highest BCUT2D eigenvalue weighted by Gasteiger charge is 2.12. The van der Waals surface area contributed by atoms with Gasteiger partial charge in [-0.2, -0.15) is 5.26 Å². The Morgan fingerprint density at radius 3 is 2.64 bits per heavy atom. The van der Waals surface area contributed by atoms with Gasteiger partial charge in [0.2, 0.25) is 0 Å². The van der Waals surface area contributed by atoms with Crippen molar-refractivity contribution in [2.75, 3.05) is 18.1 Å². The van der Waals surface area contributed by atoms with E-state index >= 15 is 0 Å². The Hall–Kier alpha value is -2.87. The summed E-state index contributed by atoms with van der Waals surface area (Å²) in [5.41, 5.74) is 1.37. The maximum absolute atomic E-state index is 11.6. The van der Waals surface area contributed by atoms with Crippen molar-refractivity contribution in [2.45, 2.75) is 13.3 Å². The number of esters is 1. The van der Waals surface area contributed by atoms with Crippen molar-refractivity contribution in [2.24, 2.45) is 0 Å². The Balaban J connectivity index is 2.25. The van der Waals surface area contributed by atoms with Crippen molar-refractivity contribution < 1.29 is 9.53 Å². The molecule has 0 unspecified atom stereocenters. The number of hydrogen-bond acceptors (Lipinski definition) is 5. The van der Waals surface area contributed by atoms with Crippen LogP contribution in [0.25, 0.3) is 0 Å². The number of carbonyl (C=O) groups excluding carboxylic acids is 1. The molecule has 5 heteroatoms. The average molecular weight is 295 g/mol. The quantitative estimate of drug-likeness (QED) is 0.765. The fourth-order valence-corrected chi connectivity index (χ4v) is 2.03. The molecule has 0 saturated heterocycles. The minimum Gasteiger partial charge on any atom is -0.462 e. The van der Waals surface area contributed by atoms with Gasteiger partial charge >= 0.3 is 5.97 Å². The lowest BCUT2D eigenvalue weighted by molar-refractivity contribution is 0.0526. The van der Waals surface area contributed by atoms with E-state index in [0.717, 1.165) is 5.69 Å². The molecule has 0 bridgehead atoms. The van der Waals surface area contributed by atoms with Crippen LogP contribution in [0.3, 0.4) is 0 Å². The third kappa shape index (κ3) is 3.83. The Labute approximate surface area is 129 Å². The molecule has 0 N–H and O–H groups in total. The molecule has 5 nitrogen and oxygen atoms in total. The van der Waals surface area contributed by atoms with Gasteiger partial charge < -0.3 is 9.64 Å². The maximum Gasteiger partial charge on any atom is 0.339 e. The van der Waals surface area contributed by atoms with Crippen LogP contribution in [0.1, 0.15) is 23.7 Å². The number of ether oxygens (including phenoxy) is 1. The summed E-state index contributed by atoms with van der Waals surface area (Å²) >= 11 is 0. The van der Waals surface area contributed by atoms with Gasteiger partial charge in [0.25, 0.3) is 0 Å². The topological polar surface area (TPSA) is 66.2 Å². The van der Waals surface area contributed by atoms with Crippen LogP contribution in [0.4, 0.5) is 11.5 Å². The number of nitrogens with zero attached hydrogens (tertiary/aromatic N) is 3. The second-order valence-corrected chi connectivity index (χ2v) is 4.52. The molecule has 0 amide bonds. The molecule has 0 spiro atoms. The number of hydrogen-bond donors (Lipinski definition) is 0. The molecule has 1 heterocycles. The van der Waals surface area contributed by atoms with Crippen molar-refractivity contribution in [3.05, 3.63) is 54.2 Å². The van der Waals surface area contributed by atoms with Crippen LogP contribution in [0.15, 0.2) is 48.7 Å². The average Bonchev–Trinajstić information content (AvgIpc) is 2.57. The minimum atomic E-state index is -0.384. The van der Waals surface area contributed by atoms with Crippen LogP contribution in [-0.2, 0) is 4.74 Å². The van der Waals surface area contributed by atoms with Gasteiger partial charge in [-0.05, 0) is 31.2 Å². The summed E-state index contributed by atoms with van der Waals surface area (Å²) in [5, 5.41) is 8.83. The summed E-state index contributed by atoms with van der Waals surface area (Å²) in [6.45, 7) is 2.63. The summed E-state index contributed by atoms with van der Waals surface area (Å²) in [7, 11) is 0. The first-order valence-electron chi connectivity index (χ1n) is 7.09. The van der Waals surface area contributed by atoms with Gasteiger partial charge in [0, 0.05) is 18.4 Å². The SMILES string of the molecule is CCOC(=O)c1ccc(N(CCC#N)c2ccccc2)nc1. The largest absolute Gasteiger partial charge is 0.462 e. The third-order valence-electron chi connectivity index (χ3n) is 3.05. The van der Waals surface area contributed by atoms with Gasteiger partial charge in [0.1, 0.15) is 5.82 Å². The van der Waals surface area contributed by atoms with Crippen molar-refractivity contribution >= 4 is 17.5 Å². The first-order chi connectivity index (χ1) is 10.8. The summed E-state index contributed by atoms with van der Waals surface area (Å²) in [6, 6.07) is 15.3. The van der Waals surface area contributed by atoms with Crippen molar-refractivity contribution in [3.8, 4) is 6.07 Å². The zero-order chi connectivity index (χ0) is 15.8. The molecule has 0 aliphatic rings. The van der Waals surface area contributed by atoms with Gasteiger partial charge in [-0.1, -0.05) is 18.2 Å². The van der Waals surface area contributed by atoms with E-state index in [-0.39, 0.29) is 5.97 Å². The van der Waals surface area contributed by atoms with Crippen molar-refractivity contribution in [1.82, 2.24) is 4.98 Å². The first-order valence-corrected chi connectivity index (χ1v) is 7.09. The molecular weight excluding hydrogens is 278 g/mol. The third-order valence-corrected chi connectivity index (χ3v) is 3.05. The molecule has 22 heavy (non-hydrogen) atoms. The van der Waals surface area contributed by atoms with Gasteiger partial charge in [-0.3, -0.25) is 0 Å². The Morgan fingerprint density at radius 2 is 2.05 bits per heavy atom. The van der Waals surface area contributed by atoms with E-state index in [4.69, 9.17) is 10.00 Å². The summed E-state index contributed by atoms with van der Waals surface area (Å²) in [4.78, 5) is 17.9. The predicted octanol–water partition coefficient (Wildman–Crippen LogP) is 3.31. The van der Waals surface area contributed by atoms with Gasteiger partial charge in [0.15, 0.2) is 0 Å². The number of pyridine rings is 1. The Bertz CT molecular complexity index is 648. The summed E-state index contributed by atoms with van der Waals surface area (Å²) in [6.07, 6.45) is 1.88. The normalized spacial score (nSPS) is 9.82. The molecule has 0 aliphatic carbocycles. The van der Waals surface area contributed by atoms with E-state index in [1.807, 2.05) is 35.2 Å². The molecule has 2 aromatic rings. The number of carbonyl (C=O) groups is 1. The molecule has 1 aromatic carbocycles. The predicted molar refractivity (Wildman–Crippen MR) is 83.9 cm³/mol. The second kappa shape index (κ2) is 7.79. The molecular formula is C17H17N3O2. The molecule has 1 aromatic heterocycles. The van der Waals surface area contributed by atoms with Gasteiger partial charge in [0.05, 0.1) is 24.7 Å². The number of rotatable bonds is 6. The van der Waals surface area contributed by atoms with Crippen molar-refractivity contribution in [1.29, 1.82) is 5.26 Å². The fourth-order valence-electron chi connectivity index (χ4n) is 2.03. The molecule has 0 radical (unpaired) electrons. The highest BCUT2D eigenvalue weighted by molar-refractivity contribution is 5.89. The van der Waals surface area contributed by atoms with E-state index in [1.165, 1.54) is 6.20 Å². The highest BCUT2D eigenvalue weighted by atomic mass is 16.5. The molecule has 0 aliphatic heterocycles. The zero-order valence-corrected chi connectivity index (χ0v) is 12.4. The van der Waals surface area contributed by atoms with Crippen molar-refractivity contribution in [3.63, 3.8) is 0 Å². The maximum atomic E-state index is 11.6. The van der Waals surface area contributed by atoms with Gasteiger partial charge in [-0.25, -0.2) is 9.78 Å². The highest BCUT2D eigenvalue weighted by Crippen LogP contribution is 2.23.